The van der Waals surface area contributed by atoms with Gasteiger partial charge in [-0.2, -0.15) is 0 Å². The Kier molecular flexibility index (Phi) is 4.56. The number of hydrogen-bond acceptors (Lipinski definition) is 5. The van der Waals surface area contributed by atoms with Gasteiger partial charge in [-0.15, -0.1) is 0 Å². The molecular weight excluding hydrogens is 350 g/mol. The van der Waals surface area contributed by atoms with E-state index < -0.39 is 18.3 Å². The Hall–Kier alpha value is -0.785. The molecule has 0 bridgehead atoms. The molecule has 4 rings (SSSR count). The molecule has 2 fully saturated rings. The van der Waals surface area contributed by atoms with Crippen molar-refractivity contribution in [3.63, 3.8) is 0 Å². The van der Waals surface area contributed by atoms with Gasteiger partial charge in [-0.3, -0.25) is 5.01 Å². The Morgan fingerprint density at radius 2 is 1.88 bits per heavy atom. The Morgan fingerprint density at radius 1 is 1.19 bits per heavy atom. The Balaban J connectivity index is 1.73. The standard InChI is InChI=1S/C19H28BClN2O3/c1-12-10-14-13(11-22-23(14)15-8-6-7-9-24-15)16(17(12)21)20-25-18(2,3)19(4,5)26-20/h10,15,22H,6-9,11H2,1-5H3. The lowest BCUT2D eigenvalue weighted by Gasteiger charge is -2.33. The number of aryl methyl sites for hydroxylation is 1. The van der Waals surface area contributed by atoms with Crippen LogP contribution in [0.15, 0.2) is 6.07 Å². The van der Waals surface area contributed by atoms with Crippen molar-refractivity contribution in [2.75, 3.05) is 11.6 Å². The van der Waals surface area contributed by atoms with Crippen molar-refractivity contribution in [1.29, 1.82) is 0 Å². The van der Waals surface area contributed by atoms with E-state index in [9.17, 15) is 0 Å². The van der Waals surface area contributed by atoms with Gasteiger partial charge in [0.05, 0.1) is 16.9 Å². The van der Waals surface area contributed by atoms with E-state index in [2.05, 4.69) is 44.2 Å². The second kappa shape index (κ2) is 6.38. The second-order valence-electron chi connectivity index (χ2n) is 8.53. The quantitative estimate of drug-likeness (QED) is 0.800. The van der Waals surface area contributed by atoms with Crippen LogP contribution in [-0.4, -0.2) is 31.2 Å². The summed E-state index contributed by atoms with van der Waals surface area (Å²) in [6, 6.07) is 2.14. The number of hydrogen-bond donors (Lipinski definition) is 1. The summed E-state index contributed by atoms with van der Waals surface area (Å²) in [5.41, 5.74) is 6.96. The van der Waals surface area contributed by atoms with Crippen LogP contribution >= 0.6 is 11.6 Å². The van der Waals surface area contributed by atoms with Crippen LogP contribution in [0.25, 0.3) is 0 Å². The molecule has 0 aliphatic carbocycles. The van der Waals surface area contributed by atoms with Gasteiger partial charge in [0.25, 0.3) is 0 Å². The third-order valence-electron chi connectivity index (χ3n) is 6.19. The van der Waals surface area contributed by atoms with Gasteiger partial charge < -0.3 is 14.0 Å². The topological polar surface area (TPSA) is 43.0 Å². The molecule has 3 aliphatic heterocycles. The zero-order valence-electron chi connectivity index (χ0n) is 16.3. The van der Waals surface area contributed by atoms with Crippen LogP contribution in [0.4, 0.5) is 5.69 Å². The van der Waals surface area contributed by atoms with E-state index in [0.717, 1.165) is 46.7 Å². The van der Waals surface area contributed by atoms with Crippen LogP contribution in [-0.2, 0) is 20.6 Å². The summed E-state index contributed by atoms with van der Waals surface area (Å²) in [6.07, 6.45) is 3.42. The van der Waals surface area contributed by atoms with Crippen molar-refractivity contribution in [1.82, 2.24) is 5.43 Å². The normalized spacial score (nSPS) is 27.1. The third-order valence-corrected chi connectivity index (χ3v) is 6.69. The highest BCUT2D eigenvalue weighted by atomic mass is 35.5. The predicted octanol–water partition coefficient (Wildman–Crippen LogP) is 3.30. The van der Waals surface area contributed by atoms with Crippen LogP contribution < -0.4 is 15.9 Å². The van der Waals surface area contributed by atoms with Crippen LogP contribution in [0.3, 0.4) is 0 Å². The highest BCUT2D eigenvalue weighted by molar-refractivity contribution is 6.66. The van der Waals surface area contributed by atoms with Crippen molar-refractivity contribution < 1.29 is 14.0 Å². The molecule has 26 heavy (non-hydrogen) atoms. The van der Waals surface area contributed by atoms with E-state index in [4.69, 9.17) is 25.6 Å². The Bertz CT molecular complexity index is 703. The lowest BCUT2D eigenvalue weighted by molar-refractivity contribution is 0.00578. The predicted molar refractivity (Wildman–Crippen MR) is 105 cm³/mol. The maximum absolute atomic E-state index is 6.74. The van der Waals surface area contributed by atoms with Crippen molar-refractivity contribution in [2.24, 2.45) is 0 Å². The lowest BCUT2D eigenvalue weighted by atomic mass is 9.74. The maximum atomic E-state index is 6.74. The molecule has 1 aromatic rings. The number of nitrogens with zero attached hydrogens (tertiary/aromatic N) is 1. The molecule has 0 saturated carbocycles. The zero-order valence-corrected chi connectivity index (χ0v) is 17.1. The molecule has 7 heteroatoms. The first kappa shape index (κ1) is 18.6. The second-order valence-corrected chi connectivity index (χ2v) is 8.91. The van der Waals surface area contributed by atoms with Gasteiger partial charge in [-0.05, 0) is 71.1 Å². The molecule has 0 radical (unpaired) electrons. The fraction of sp³-hybridized carbons (Fsp3) is 0.684. The average Bonchev–Trinajstić information content (AvgIpc) is 3.07. The molecule has 3 aliphatic rings. The summed E-state index contributed by atoms with van der Waals surface area (Å²) >= 11 is 6.74. The van der Waals surface area contributed by atoms with Gasteiger partial charge >= 0.3 is 7.12 Å². The zero-order chi connectivity index (χ0) is 18.7. The van der Waals surface area contributed by atoms with E-state index in [1.807, 2.05) is 6.92 Å². The molecule has 3 heterocycles. The van der Waals surface area contributed by atoms with Gasteiger partial charge in [0.2, 0.25) is 0 Å². The molecule has 5 nitrogen and oxygen atoms in total. The van der Waals surface area contributed by atoms with Gasteiger partial charge in [-0.25, -0.2) is 5.43 Å². The first-order valence-corrected chi connectivity index (χ1v) is 9.91. The highest BCUT2D eigenvalue weighted by Crippen LogP contribution is 2.40. The smallest absolute Gasteiger partial charge is 0.399 e. The molecule has 1 N–H and O–H groups in total. The summed E-state index contributed by atoms with van der Waals surface area (Å²) < 4.78 is 18.6. The minimum Gasteiger partial charge on any atom is -0.399 e. The van der Waals surface area contributed by atoms with E-state index in [0.29, 0.717) is 6.54 Å². The minimum absolute atomic E-state index is 0.0664. The molecule has 1 unspecified atom stereocenters. The molecule has 0 amide bonds. The first-order valence-electron chi connectivity index (χ1n) is 9.53. The van der Waals surface area contributed by atoms with E-state index in [-0.39, 0.29) is 6.23 Å². The molecule has 142 valence electrons. The molecule has 1 atom stereocenters. The van der Waals surface area contributed by atoms with E-state index in [1.54, 1.807) is 0 Å². The molecule has 0 aromatic heterocycles. The monoisotopic (exact) mass is 378 g/mol. The van der Waals surface area contributed by atoms with Crippen molar-refractivity contribution >= 4 is 29.9 Å². The number of nitrogens with one attached hydrogen (secondary N) is 1. The fourth-order valence-corrected chi connectivity index (χ4v) is 4.14. The SMILES string of the molecule is Cc1cc2c(c(B3OC(C)(C)C(C)(C)O3)c1Cl)CNN2C1CCCCO1. The first-order chi connectivity index (χ1) is 12.2. The number of fused-ring (bicyclic) bond motifs is 1. The number of halogens is 1. The van der Waals surface area contributed by atoms with Crippen LogP contribution in [0.2, 0.25) is 5.02 Å². The Morgan fingerprint density at radius 3 is 2.50 bits per heavy atom. The van der Waals surface area contributed by atoms with Crippen LogP contribution in [0.5, 0.6) is 0 Å². The van der Waals surface area contributed by atoms with E-state index >= 15 is 0 Å². The molecular formula is C19H28BClN2O3. The fourth-order valence-electron chi connectivity index (χ4n) is 3.88. The number of hydrazine groups is 1. The highest BCUT2D eigenvalue weighted by Gasteiger charge is 2.53. The number of ether oxygens (including phenoxy) is 1. The van der Waals surface area contributed by atoms with Gasteiger partial charge in [0.1, 0.15) is 6.23 Å². The van der Waals surface area contributed by atoms with Gasteiger partial charge in [0, 0.05) is 23.6 Å². The van der Waals surface area contributed by atoms with E-state index in [1.165, 1.54) is 6.42 Å². The van der Waals surface area contributed by atoms with Gasteiger partial charge in [0.15, 0.2) is 0 Å². The van der Waals surface area contributed by atoms with Crippen molar-refractivity contribution in [3.05, 3.63) is 22.2 Å². The molecule has 1 aromatic carbocycles. The van der Waals surface area contributed by atoms with Crippen molar-refractivity contribution in [2.45, 2.75) is 77.9 Å². The molecule has 0 spiro atoms. The number of benzene rings is 1. The molecule has 2 saturated heterocycles. The Labute approximate surface area is 161 Å². The summed E-state index contributed by atoms with van der Waals surface area (Å²) in [5, 5.41) is 2.89. The number of anilines is 1. The van der Waals surface area contributed by atoms with Gasteiger partial charge in [-0.1, -0.05) is 11.6 Å². The minimum atomic E-state index is -0.463. The summed E-state index contributed by atoms with van der Waals surface area (Å²) in [5.74, 6) is 0. The van der Waals surface area contributed by atoms with Crippen molar-refractivity contribution in [3.8, 4) is 0 Å². The number of rotatable bonds is 2. The third kappa shape index (κ3) is 2.87. The summed E-state index contributed by atoms with van der Waals surface area (Å²) in [4.78, 5) is 0. The summed E-state index contributed by atoms with van der Waals surface area (Å²) in [6.45, 7) is 11.8. The van der Waals surface area contributed by atoms with Crippen LogP contribution in [0.1, 0.15) is 58.1 Å². The largest absolute Gasteiger partial charge is 0.496 e. The summed E-state index contributed by atoms with van der Waals surface area (Å²) in [7, 11) is -0.463. The van der Waals surface area contributed by atoms with Crippen LogP contribution in [0, 0.1) is 6.92 Å². The lowest BCUT2D eigenvalue weighted by Crippen LogP contribution is -2.44. The maximum Gasteiger partial charge on any atom is 0.496 e. The average molecular weight is 379 g/mol.